The minimum Gasteiger partial charge on any atom is -0.469 e. The topological polar surface area (TPSA) is 41.8 Å². The summed E-state index contributed by atoms with van der Waals surface area (Å²) >= 11 is 0. The largest absolute Gasteiger partial charge is 0.469 e. The Hall–Kier alpha value is -2.03. The van der Waals surface area contributed by atoms with E-state index in [1.165, 1.54) is 25.7 Å². The summed E-state index contributed by atoms with van der Waals surface area (Å²) in [6.45, 7) is 2.23. The number of hydrogen-bond acceptors (Lipinski definition) is 2. The molecule has 3 nitrogen and oxygen atoms in total. The van der Waals surface area contributed by atoms with Crippen molar-refractivity contribution in [1.82, 2.24) is 9.97 Å². The lowest BCUT2D eigenvalue weighted by atomic mass is 10.1. The van der Waals surface area contributed by atoms with Crippen molar-refractivity contribution in [2.45, 2.75) is 39.0 Å². The molecule has 3 aromatic rings. The fraction of sp³-hybridized carbons (Fsp3) is 0.353. The molecule has 20 heavy (non-hydrogen) atoms. The Kier molecular flexibility index (Phi) is 3.86. The Balaban J connectivity index is 1.78. The van der Waals surface area contributed by atoms with Gasteiger partial charge in [-0.1, -0.05) is 38.3 Å². The maximum Gasteiger partial charge on any atom is 0.104 e. The number of hydrogen-bond donors (Lipinski definition) is 1. The van der Waals surface area contributed by atoms with Crippen LogP contribution in [0.1, 0.15) is 38.4 Å². The highest BCUT2D eigenvalue weighted by Crippen LogP contribution is 2.28. The van der Waals surface area contributed by atoms with E-state index in [0.29, 0.717) is 0 Å². The molecule has 0 fully saturated rings. The summed E-state index contributed by atoms with van der Waals surface area (Å²) in [5.74, 6) is 1.07. The van der Waals surface area contributed by atoms with Gasteiger partial charge in [0.1, 0.15) is 5.76 Å². The van der Waals surface area contributed by atoms with Crippen molar-refractivity contribution in [2.24, 2.45) is 0 Å². The fourth-order valence-corrected chi connectivity index (χ4v) is 2.58. The van der Waals surface area contributed by atoms with Crippen LogP contribution in [0.25, 0.3) is 22.2 Å². The highest BCUT2D eigenvalue weighted by atomic mass is 16.3. The van der Waals surface area contributed by atoms with Crippen LogP contribution in [-0.4, -0.2) is 9.97 Å². The molecule has 0 amide bonds. The van der Waals surface area contributed by atoms with E-state index < -0.39 is 0 Å². The van der Waals surface area contributed by atoms with Crippen LogP contribution in [0.2, 0.25) is 0 Å². The average Bonchev–Trinajstić information content (AvgIpc) is 3.12. The number of unbranched alkanes of at least 4 members (excludes halogenated alkanes) is 3. The van der Waals surface area contributed by atoms with Crippen molar-refractivity contribution in [1.29, 1.82) is 0 Å². The number of H-pyrrole nitrogens is 1. The molecule has 0 saturated heterocycles. The Morgan fingerprint density at radius 1 is 1.20 bits per heavy atom. The molecule has 2 aromatic heterocycles. The van der Waals surface area contributed by atoms with Crippen molar-refractivity contribution < 1.29 is 4.42 Å². The highest BCUT2D eigenvalue weighted by molar-refractivity contribution is 5.91. The first kappa shape index (κ1) is 13.0. The number of aromatic amines is 1. The standard InChI is InChI=1S/C17H20N2O/c1-2-3-4-5-7-14-10-13(11-20-14)15-8-6-9-16-17(15)19-12-18-16/h6,8-12H,2-5,7H2,1H3,(H,18,19). The molecule has 0 spiro atoms. The molecular formula is C17H20N2O. The Morgan fingerprint density at radius 3 is 3.05 bits per heavy atom. The van der Waals surface area contributed by atoms with Gasteiger partial charge < -0.3 is 9.40 Å². The smallest absolute Gasteiger partial charge is 0.104 e. The molecule has 0 unspecified atom stereocenters. The second-order valence-electron chi connectivity index (χ2n) is 5.22. The fourth-order valence-electron chi connectivity index (χ4n) is 2.58. The van der Waals surface area contributed by atoms with Gasteiger partial charge in [-0.25, -0.2) is 4.98 Å². The van der Waals surface area contributed by atoms with Crippen LogP contribution in [0.15, 0.2) is 41.3 Å². The summed E-state index contributed by atoms with van der Waals surface area (Å²) in [5, 5.41) is 0. The van der Waals surface area contributed by atoms with Crippen molar-refractivity contribution in [3.05, 3.63) is 42.6 Å². The normalized spacial score (nSPS) is 11.2. The molecule has 0 aliphatic carbocycles. The number of fused-ring (bicyclic) bond motifs is 1. The predicted molar refractivity (Wildman–Crippen MR) is 81.6 cm³/mol. The van der Waals surface area contributed by atoms with Crippen LogP contribution >= 0.6 is 0 Å². The number of aromatic nitrogens is 2. The number of rotatable bonds is 6. The molecule has 1 N–H and O–H groups in total. The Labute approximate surface area is 119 Å². The number of nitrogens with one attached hydrogen (secondary N) is 1. The predicted octanol–water partition coefficient (Wildman–Crippen LogP) is 4.95. The summed E-state index contributed by atoms with van der Waals surface area (Å²) in [7, 11) is 0. The summed E-state index contributed by atoms with van der Waals surface area (Å²) < 4.78 is 5.69. The molecule has 0 saturated carbocycles. The molecule has 3 heteroatoms. The van der Waals surface area contributed by atoms with Crippen LogP contribution in [0.3, 0.4) is 0 Å². The van der Waals surface area contributed by atoms with Crippen LogP contribution in [0.5, 0.6) is 0 Å². The minimum absolute atomic E-state index is 1.01. The number of aryl methyl sites for hydroxylation is 1. The van der Waals surface area contributed by atoms with E-state index in [0.717, 1.165) is 34.3 Å². The van der Waals surface area contributed by atoms with Gasteiger partial charge in [0.05, 0.1) is 23.6 Å². The first-order valence-electron chi connectivity index (χ1n) is 7.38. The second-order valence-corrected chi connectivity index (χ2v) is 5.22. The van der Waals surface area contributed by atoms with Gasteiger partial charge in [0.25, 0.3) is 0 Å². The number of para-hydroxylation sites is 1. The lowest BCUT2D eigenvalue weighted by Gasteiger charge is -1.98. The maximum absolute atomic E-state index is 5.69. The van der Waals surface area contributed by atoms with E-state index in [1.54, 1.807) is 6.33 Å². The van der Waals surface area contributed by atoms with Gasteiger partial charge in [-0.3, -0.25) is 0 Å². The zero-order valence-corrected chi connectivity index (χ0v) is 11.9. The average molecular weight is 268 g/mol. The zero-order valence-electron chi connectivity index (χ0n) is 11.9. The molecule has 0 aliphatic rings. The second kappa shape index (κ2) is 5.95. The van der Waals surface area contributed by atoms with E-state index in [1.807, 2.05) is 18.4 Å². The molecule has 104 valence electrons. The van der Waals surface area contributed by atoms with Crippen LogP contribution in [-0.2, 0) is 6.42 Å². The summed E-state index contributed by atoms with van der Waals surface area (Å²) in [6.07, 6.45) is 9.66. The van der Waals surface area contributed by atoms with Crippen LogP contribution in [0.4, 0.5) is 0 Å². The first-order chi connectivity index (χ1) is 9.88. The molecule has 2 heterocycles. The number of imidazole rings is 1. The van der Waals surface area contributed by atoms with E-state index in [9.17, 15) is 0 Å². The minimum atomic E-state index is 1.01. The quantitative estimate of drug-likeness (QED) is 0.643. The van der Waals surface area contributed by atoms with Crippen molar-refractivity contribution in [2.75, 3.05) is 0 Å². The lowest BCUT2D eigenvalue weighted by Crippen LogP contribution is -1.82. The zero-order chi connectivity index (χ0) is 13.8. The summed E-state index contributed by atoms with van der Waals surface area (Å²) in [5.41, 5.74) is 4.32. The Morgan fingerprint density at radius 2 is 2.15 bits per heavy atom. The van der Waals surface area contributed by atoms with E-state index in [2.05, 4.69) is 29.0 Å². The third-order valence-corrected chi connectivity index (χ3v) is 3.69. The van der Waals surface area contributed by atoms with Crippen LogP contribution in [0, 0.1) is 0 Å². The van der Waals surface area contributed by atoms with E-state index in [-0.39, 0.29) is 0 Å². The molecule has 3 rings (SSSR count). The summed E-state index contributed by atoms with van der Waals surface area (Å²) in [6, 6.07) is 8.33. The van der Waals surface area contributed by atoms with Gasteiger partial charge >= 0.3 is 0 Å². The monoisotopic (exact) mass is 268 g/mol. The van der Waals surface area contributed by atoms with Gasteiger partial charge in [0, 0.05) is 17.5 Å². The third-order valence-electron chi connectivity index (χ3n) is 3.69. The van der Waals surface area contributed by atoms with Crippen molar-refractivity contribution in [3.63, 3.8) is 0 Å². The van der Waals surface area contributed by atoms with Crippen molar-refractivity contribution in [3.8, 4) is 11.1 Å². The van der Waals surface area contributed by atoms with Crippen LogP contribution < -0.4 is 0 Å². The Bertz CT molecular complexity index is 681. The van der Waals surface area contributed by atoms with Gasteiger partial charge in [-0.2, -0.15) is 0 Å². The first-order valence-corrected chi connectivity index (χ1v) is 7.38. The third kappa shape index (κ3) is 2.62. The molecular weight excluding hydrogens is 248 g/mol. The highest BCUT2D eigenvalue weighted by Gasteiger charge is 2.09. The number of furan rings is 1. The molecule has 0 radical (unpaired) electrons. The number of nitrogens with zero attached hydrogens (tertiary/aromatic N) is 1. The van der Waals surface area contributed by atoms with Crippen molar-refractivity contribution >= 4 is 11.0 Å². The SMILES string of the molecule is CCCCCCc1cc(-c2cccc3[nH]cnc23)co1. The molecule has 0 bridgehead atoms. The van der Waals surface area contributed by atoms with Gasteiger partial charge in [-0.15, -0.1) is 0 Å². The lowest BCUT2D eigenvalue weighted by molar-refractivity contribution is 0.495. The molecule has 0 atom stereocenters. The van der Waals surface area contributed by atoms with Gasteiger partial charge in [-0.05, 0) is 18.6 Å². The summed E-state index contributed by atoms with van der Waals surface area (Å²) in [4.78, 5) is 7.54. The van der Waals surface area contributed by atoms with Gasteiger partial charge in [0.2, 0.25) is 0 Å². The number of benzene rings is 1. The van der Waals surface area contributed by atoms with Gasteiger partial charge in [0.15, 0.2) is 0 Å². The molecule has 0 aliphatic heterocycles. The van der Waals surface area contributed by atoms with E-state index in [4.69, 9.17) is 4.42 Å². The molecule has 1 aromatic carbocycles. The maximum atomic E-state index is 5.69. The van der Waals surface area contributed by atoms with E-state index >= 15 is 0 Å².